The number of hydrogen-bond acceptors (Lipinski definition) is 5. The summed E-state index contributed by atoms with van der Waals surface area (Å²) in [5, 5.41) is 19.0. The SMILES string of the molecule is COc1cc(NC(CC=N)CC(=O)O)cc(OC)c1.Cl. The molecule has 0 bridgehead atoms. The van der Waals surface area contributed by atoms with E-state index in [4.69, 9.17) is 20.0 Å². The Balaban J connectivity index is 0.00000361. The molecule has 0 heterocycles. The molecule has 1 aromatic carbocycles. The maximum Gasteiger partial charge on any atom is 0.305 e. The molecular weight excluding hydrogens is 284 g/mol. The standard InChI is InChI=1S/C13H18N2O4.ClH/c1-18-11-5-10(6-12(8-11)19-2)15-9(3-4-14)7-13(16)17;/h4-6,8-9,14-15H,3,7H2,1-2H3,(H,16,17);1H. The largest absolute Gasteiger partial charge is 0.497 e. The molecule has 1 unspecified atom stereocenters. The van der Waals surface area contributed by atoms with Crippen LogP contribution < -0.4 is 14.8 Å². The van der Waals surface area contributed by atoms with Crippen molar-refractivity contribution >= 4 is 30.3 Å². The highest BCUT2D eigenvalue weighted by Gasteiger charge is 2.13. The van der Waals surface area contributed by atoms with Crippen LogP contribution >= 0.6 is 12.4 Å². The van der Waals surface area contributed by atoms with Crippen LogP contribution in [-0.4, -0.2) is 37.6 Å². The molecule has 0 saturated heterocycles. The highest BCUT2D eigenvalue weighted by molar-refractivity contribution is 5.85. The number of carboxylic acids is 1. The van der Waals surface area contributed by atoms with E-state index >= 15 is 0 Å². The molecule has 0 aromatic heterocycles. The molecule has 1 rings (SSSR count). The molecule has 0 aliphatic heterocycles. The van der Waals surface area contributed by atoms with Crippen LogP contribution in [0, 0.1) is 5.41 Å². The molecular formula is C13H19ClN2O4. The number of halogens is 1. The topological polar surface area (TPSA) is 91.6 Å². The Morgan fingerprint density at radius 2 is 1.90 bits per heavy atom. The fourth-order valence-corrected chi connectivity index (χ4v) is 1.67. The van der Waals surface area contributed by atoms with E-state index in [1.807, 2.05) is 0 Å². The Morgan fingerprint density at radius 1 is 1.35 bits per heavy atom. The fraction of sp³-hybridized carbons (Fsp3) is 0.385. The van der Waals surface area contributed by atoms with E-state index in [9.17, 15) is 4.79 Å². The zero-order chi connectivity index (χ0) is 14.3. The summed E-state index contributed by atoms with van der Waals surface area (Å²) < 4.78 is 10.3. The van der Waals surface area contributed by atoms with Crippen molar-refractivity contribution in [3.05, 3.63) is 18.2 Å². The number of carbonyl (C=O) groups is 1. The lowest BCUT2D eigenvalue weighted by atomic mass is 10.1. The van der Waals surface area contributed by atoms with Crippen molar-refractivity contribution in [2.24, 2.45) is 0 Å². The maximum absolute atomic E-state index is 10.8. The van der Waals surface area contributed by atoms with E-state index in [1.165, 1.54) is 6.21 Å². The highest BCUT2D eigenvalue weighted by atomic mass is 35.5. The fourth-order valence-electron chi connectivity index (χ4n) is 1.67. The molecule has 0 spiro atoms. The zero-order valence-electron chi connectivity index (χ0n) is 11.4. The van der Waals surface area contributed by atoms with Crippen LogP contribution in [-0.2, 0) is 4.79 Å². The van der Waals surface area contributed by atoms with E-state index in [0.29, 0.717) is 23.6 Å². The van der Waals surface area contributed by atoms with Gasteiger partial charge in [0.25, 0.3) is 0 Å². The van der Waals surface area contributed by atoms with E-state index in [2.05, 4.69) is 5.32 Å². The molecule has 20 heavy (non-hydrogen) atoms. The third-order valence-corrected chi connectivity index (χ3v) is 2.55. The van der Waals surface area contributed by atoms with Crippen molar-refractivity contribution in [2.75, 3.05) is 19.5 Å². The van der Waals surface area contributed by atoms with Gasteiger partial charge in [-0.15, -0.1) is 12.4 Å². The Morgan fingerprint density at radius 3 is 2.30 bits per heavy atom. The number of aliphatic carboxylic acids is 1. The van der Waals surface area contributed by atoms with Gasteiger partial charge in [-0.05, 0) is 6.21 Å². The molecule has 0 amide bonds. The minimum atomic E-state index is -0.908. The van der Waals surface area contributed by atoms with Crippen molar-refractivity contribution in [3.8, 4) is 11.5 Å². The van der Waals surface area contributed by atoms with Gasteiger partial charge in [0.05, 0.1) is 20.6 Å². The molecule has 7 heteroatoms. The van der Waals surface area contributed by atoms with Gasteiger partial charge < -0.3 is 25.3 Å². The van der Waals surface area contributed by atoms with Gasteiger partial charge in [-0.25, -0.2) is 0 Å². The van der Waals surface area contributed by atoms with Gasteiger partial charge in [-0.3, -0.25) is 4.79 Å². The molecule has 1 aromatic rings. The van der Waals surface area contributed by atoms with E-state index < -0.39 is 5.97 Å². The van der Waals surface area contributed by atoms with Crippen LogP contribution in [0.25, 0.3) is 0 Å². The Bertz CT molecular complexity index is 432. The lowest BCUT2D eigenvalue weighted by molar-refractivity contribution is -0.137. The van der Waals surface area contributed by atoms with Gasteiger partial charge in [0.15, 0.2) is 0 Å². The molecule has 6 nitrogen and oxygen atoms in total. The first-order valence-corrected chi connectivity index (χ1v) is 5.79. The van der Waals surface area contributed by atoms with Gasteiger partial charge in [-0.1, -0.05) is 0 Å². The first kappa shape index (κ1) is 18.0. The molecule has 0 fully saturated rings. The summed E-state index contributed by atoms with van der Waals surface area (Å²) in [5.74, 6) is 0.325. The monoisotopic (exact) mass is 302 g/mol. The van der Waals surface area contributed by atoms with Crippen LogP contribution in [0.15, 0.2) is 18.2 Å². The third kappa shape index (κ3) is 5.79. The van der Waals surface area contributed by atoms with Crippen LogP contribution in [0.1, 0.15) is 12.8 Å². The second-order valence-electron chi connectivity index (χ2n) is 3.98. The van der Waals surface area contributed by atoms with Crippen molar-refractivity contribution in [1.29, 1.82) is 5.41 Å². The van der Waals surface area contributed by atoms with Gasteiger partial charge in [0.2, 0.25) is 0 Å². The number of rotatable bonds is 8. The molecule has 0 saturated carbocycles. The van der Waals surface area contributed by atoms with Crippen LogP contribution in [0.4, 0.5) is 5.69 Å². The number of ether oxygens (including phenoxy) is 2. The predicted molar refractivity (Wildman–Crippen MR) is 79.9 cm³/mol. The van der Waals surface area contributed by atoms with Crippen LogP contribution in [0.3, 0.4) is 0 Å². The van der Waals surface area contributed by atoms with Crippen LogP contribution in [0.5, 0.6) is 11.5 Å². The molecule has 0 aliphatic rings. The van der Waals surface area contributed by atoms with E-state index in [1.54, 1.807) is 32.4 Å². The number of benzene rings is 1. The minimum Gasteiger partial charge on any atom is -0.497 e. The lowest BCUT2D eigenvalue weighted by Gasteiger charge is -2.17. The van der Waals surface area contributed by atoms with Gasteiger partial charge in [0.1, 0.15) is 11.5 Å². The Labute approximate surface area is 124 Å². The van der Waals surface area contributed by atoms with Crippen LogP contribution in [0.2, 0.25) is 0 Å². The van der Waals surface area contributed by atoms with Crippen molar-refractivity contribution in [3.63, 3.8) is 0 Å². The molecule has 0 radical (unpaired) electrons. The van der Waals surface area contributed by atoms with Crippen molar-refractivity contribution < 1.29 is 19.4 Å². The first-order valence-electron chi connectivity index (χ1n) is 5.79. The minimum absolute atomic E-state index is 0. The molecule has 112 valence electrons. The zero-order valence-corrected chi connectivity index (χ0v) is 12.2. The average Bonchev–Trinajstić information content (AvgIpc) is 2.37. The van der Waals surface area contributed by atoms with E-state index in [0.717, 1.165) is 0 Å². The normalized spacial score (nSPS) is 10.9. The summed E-state index contributed by atoms with van der Waals surface area (Å²) >= 11 is 0. The van der Waals surface area contributed by atoms with Gasteiger partial charge in [-0.2, -0.15) is 0 Å². The molecule has 3 N–H and O–H groups in total. The molecule has 1 atom stereocenters. The lowest BCUT2D eigenvalue weighted by Crippen LogP contribution is -2.23. The average molecular weight is 303 g/mol. The van der Waals surface area contributed by atoms with Gasteiger partial charge in [0, 0.05) is 36.3 Å². The number of anilines is 1. The number of nitrogens with one attached hydrogen (secondary N) is 2. The summed E-state index contributed by atoms with van der Waals surface area (Å²) in [4.78, 5) is 10.8. The van der Waals surface area contributed by atoms with E-state index in [-0.39, 0.29) is 24.9 Å². The number of methoxy groups -OCH3 is 2. The summed E-state index contributed by atoms with van der Waals surface area (Å²) in [6.07, 6.45) is 1.47. The Kier molecular flexibility index (Phi) is 8.15. The van der Waals surface area contributed by atoms with Crippen molar-refractivity contribution in [1.82, 2.24) is 0 Å². The Hall–Kier alpha value is -1.95. The quantitative estimate of drug-likeness (QED) is 0.641. The summed E-state index contributed by atoms with van der Waals surface area (Å²) in [5.41, 5.74) is 0.698. The number of carboxylic acid groups (broad SMARTS) is 1. The summed E-state index contributed by atoms with van der Waals surface area (Å²) in [7, 11) is 3.09. The predicted octanol–water partition coefficient (Wildman–Crippen LogP) is 2.42. The third-order valence-electron chi connectivity index (χ3n) is 2.55. The summed E-state index contributed by atoms with van der Waals surface area (Å²) in [6.45, 7) is 0. The highest BCUT2D eigenvalue weighted by Crippen LogP contribution is 2.26. The van der Waals surface area contributed by atoms with Gasteiger partial charge >= 0.3 is 5.97 Å². The first-order chi connectivity index (χ1) is 9.08. The summed E-state index contributed by atoms with van der Waals surface area (Å²) in [6, 6.07) is 4.89. The van der Waals surface area contributed by atoms with Crippen molar-refractivity contribution in [2.45, 2.75) is 18.9 Å². The second kappa shape index (κ2) is 9.03. The second-order valence-corrected chi connectivity index (χ2v) is 3.98. The smallest absolute Gasteiger partial charge is 0.305 e. The number of hydrogen-bond donors (Lipinski definition) is 3. The maximum atomic E-state index is 10.8. The molecule has 0 aliphatic carbocycles.